The molecule has 2 amide bonds. The number of nitrogens with zero attached hydrogens (tertiary/aromatic N) is 8. The lowest BCUT2D eigenvalue weighted by atomic mass is 9.90. The normalized spacial score (nSPS) is 30.5. The summed E-state index contributed by atoms with van der Waals surface area (Å²) in [4.78, 5) is 52.1. The minimum atomic E-state index is -4.50. The summed E-state index contributed by atoms with van der Waals surface area (Å²) in [5.41, 5.74) is -1.78. The summed E-state index contributed by atoms with van der Waals surface area (Å²) in [6.07, 6.45) is 0.463. The first-order chi connectivity index (χ1) is 30.8. The smallest absolute Gasteiger partial charge is 0.437 e. The summed E-state index contributed by atoms with van der Waals surface area (Å²) in [5.74, 6) is -1.64. The second-order valence-electron chi connectivity index (χ2n) is 15.0. The molecule has 2 aromatic carbocycles. The fourth-order valence-electron chi connectivity index (χ4n) is 8.03. The van der Waals surface area contributed by atoms with Gasteiger partial charge in [-0.1, -0.05) is 55.6 Å². The average Bonchev–Trinajstić information content (AvgIpc) is 4.03. The summed E-state index contributed by atoms with van der Waals surface area (Å²) in [7, 11) is 0. The van der Waals surface area contributed by atoms with E-state index in [1.807, 2.05) is 0 Å². The van der Waals surface area contributed by atoms with Gasteiger partial charge in [-0.25, -0.2) is 39.0 Å². The van der Waals surface area contributed by atoms with Crippen LogP contribution in [0.4, 0.5) is 11.6 Å². The fraction of sp³-hybridized carbons (Fsp3) is 0.316. The molecule has 4 aliphatic heterocycles. The molecule has 64 heavy (non-hydrogen) atoms. The molecule has 4 aliphatic rings. The van der Waals surface area contributed by atoms with Crippen LogP contribution >= 0.6 is 38.1 Å². The predicted molar refractivity (Wildman–Crippen MR) is 230 cm³/mol. The monoisotopic (exact) mass is 950 g/mol. The van der Waals surface area contributed by atoms with Crippen LogP contribution in [-0.2, 0) is 41.4 Å². The van der Waals surface area contributed by atoms with Crippen LogP contribution in [0.2, 0.25) is 0 Å². The number of carbonyl (C=O) groups is 2. The van der Waals surface area contributed by atoms with E-state index in [1.165, 1.54) is 29.9 Å². The summed E-state index contributed by atoms with van der Waals surface area (Å²) >= 11 is 8.68. The number of rotatable bonds is 7. The topological polar surface area (TPSA) is 264 Å². The second-order valence-corrected chi connectivity index (χ2v) is 20.7. The Bertz CT molecular complexity index is 2950. The van der Waals surface area contributed by atoms with E-state index < -0.39 is 86.0 Å². The number of aliphatic hydroxyl groups is 1. The van der Waals surface area contributed by atoms with Gasteiger partial charge in [0.15, 0.2) is 63.5 Å². The summed E-state index contributed by atoms with van der Waals surface area (Å²) in [6.45, 7) is -8.30. The van der Waals surface area contributed by atoms with E-state index in [1.54, 1.807) is 72.2 Å². The number of hydrogen-bond acceptors (Lipinski definition) is 18. The number of aliphatic hydroxyl groups excluding tert-OH is 1. The Kier molecular flexibility index (Phi) is 10.9. The Morgan fingerprint density at radius 1 is 0.797 bits per heavy atom. The predicted octanol–water partition coefficient (Wildman–Crippen LogP) is 6.20. The molecule has 3 N–H and O–H groups in total. The number of aromatic nitrogens is 8. The number of carbonyl (C=O) groups excluding carboxylic acids is 2. The van der Waals surface area contributed by atoms with E-state index in [2.05, 4.69) is 65.0 Å². The Morgan fingerprint density at radius 3 is 1.98 bits per heavy atom. The highest BCUT2D eigenvalue weighted by Crippen LogP contribution is 2.65. The van der Waals surface area contributed by atoms with Crippen LogP contribution in [0.5, 0.6) is 0 Å². The molecular weight excluding hydrogens is 915 g/mol. The van der Waals surface area contributed by atoms with Crippen LogP contribution in [-0.4, -0.2) is 99.2 Å². The van der Waals surface area contributed by atoms with Crippen LogP contribution in [0.15, 0.2) is 97.5 Å². The first-order valence-electron chi connectivity index (χ1n) is 19.6. The third kappa shape index (κ3) is 7.56. The first-order valence-corrected chi connectivity index (χ1v) is 25.0. The van der Waals surface area contributed by atoms with Crippen molar-refractivity contribution in [2.75, 3.05) is 30.5 Å². The molecule has 0 saturated carbocycles. The summed E-state index contributed by atoms with van der Waals surface area (Å²) in [6, 6.07) is 17.0. The zero-order valence-electron chi connectivity index (χ0n) is 33.2. The summed E-state index contributed by atoms with van der Waals surface area (Å²) < 4.78 is 75.0. The van der Waals surface area contributed by atoms with Crippen LogP contribution in [0.3, 0.4) is 0 Å². The molecule has 332 valence electrons. The third-order valence-electron chi connectivity index (χ3n) is 11.2. The van der Waals surface area contributed by atoms with E-state index in [-0.39, 0.29) is 53.4 Å². The SMILES string of the molecule is CC[C@@]12COP(=O)(S)O[C@H]3[C@H]4OCC[C@]3(CO[P@@](=O)(S)OC1=C(O)[C@H](n1cnc3c(NC(=O)c5ccccc5)ncnc31)O2)O[C@H]4n1cnc2c(NC(=O)c3ccccc3)ncnc21. The van der Waals surface area contributed by atoms with Crippen molar-refractivity contribution in [1.29, 1.82) is 0 Å². The molecule has 6 aromatic rings. The highest BCUT2D eigenvalue weighted by atomic mass is 32.7. The van der Waals surface area contributed by atoms with Crippen molar-refractivity contribution in [2.24, 2.45) is 0 Å². The van der Waals surface area contributed by atoms with Gasteiger partial charge in [-0.2, -0.15) is 0 Å². The van der Waals surface area contributed by atoms with Gasteiger partial charge in [0.2, 0.25) is 0 Å². The van der Waals surface area contributed by atoms with E-state index >= 15 is 0 Å². The van der Waals surface area contributed by atoms with Gasteiger partial charge >= 0.3 is 13.6 Å². The van der Waals surface area contributed by atoms with Crippen LogP contribution in [0.25, 0.3) is 22.3 Å². The van der Waals surface area contributed by atoms with Gasteiger partial charge < -0.3 is 34.5 Å². The number of fused-ring (bicyclic) bond motifs is 3. The molecule has 26 heteroatoms. The number of thiol groups is 2. The fourth-order valence-corrected chi connectivity index (χ4v) is 10.9. The largest absolute Gasteiger partial charge is 0.505 e. The number of anilines is 2. The molecule has 0 spiro atoms. The highest BCUT2D eigenvalue weighted by Gasteiger charge is 2.63. The van der Waals surface area contributed by atoms with Crippen molar-refractivity contribution >= 4 is 83.9 Å². The number of benzene rings is 2. The average molecular weight is 951 g/mol. The second kappa shape index (κ2) is 16.3. The standard InChI is InChI=1S/C38H36N10O12P2S2/c1-2-37-15-55-62(53,64)60-28-26-36(48-20-44-24-30(40-18-42-32(24)48)46-34(51)22-11-7-4-8-12-22)58-38(28,13-14-54-26)16-56-61(52,63)59-27(37)25(49)35(57-37)47-19-43-23-29(39-17-41-31(23)47)45-33(50)21-9-5-3-6-10-21/h3-12,17-20,26,28,35-36,49H,2,13-16H2,1H3,(H,52,63)(H,53,64)(H,39,41,45,50)(H,40,42,46,51)/t26-,28+,35-,36-,37-,38-,61-,62?/m1/s1. The lowest BCUT2D eigenvalue weighted by molar-refractivity contribution is -0.138. The molecule has 1 unspecified atom stereocenters. The number of ether oxygens (including phenoxy) is 3. The van der Waals surface area contributed by atoms with Crippen molar-refractivity contribution in [2.45, 2.75) is 55.6 Å². The summed E-state index contributed by atoms with van der Waals surface area (Å²) in [5, 5.41) is 17.4. The van der Waals surface area contributed by atoms with Gasteiger partial charge in [0, 0.05) is 17.5 Å². The van der Waals surface area contributed by atoms with Crippen LogP contribution in [0, 0.1) is 0 Å². The maximum absolute atomic E-state index is 14.4. The Morgan fingerprint density at radius 2 is 1.38 bits per heavy atom. The molecular formula is C38H36N10O12P2S2. The van der Waals surface area contributed by atoms with E-state index in [0.717, 1.165) is 0 Å². The van der Waals surface area contributed by atoms with E-state index in [0.29, 0.717) is 11.1 Å². The minimum absolute atomic E-state index is 0.0158. The van der Waals surface area contributed by atoms with Gasteiger partial charge in [-0.15, -0.1) is 0 Å². The van der Waals surface area contributed by atoms with Crippen molar-refractivity contribution < 1.29 is 56.1 Å². The molecule has 2 bridgehead atoms. The molecule has 8 heterocycles. The maximum Gasteiger partial charge on any atom is 0.437 e. The van der Waals surface area contributed by atoms with Gasteiger partial charge in [0.25, 0.3) is 11.8 Å². The molecule has 10 rings (SSSR count). The lowest BCUT2D eigenvalue weighted by Gasteiger charge is -2.40. The number of nitrogens with one attached hydrogen (secondary N) is 2. The zero-order chi connectivity index (χ0) is 44.4. The quantitative estimate of drug-likeness (QED) is 0.0881. The Balaban J connectivity index is 0.952. The van der Waals surface area contributed by atoms with Crippen molar-refractivity contribution in [3.63, 3.8) is 0 Å². The number of hydrogen-bond donors (Lipinski definition) is 5. The molecule has 22 nitrogen and oxygen atoms in total. The van der Waals surface area contributed by atoms with Gasteiger partial charge in [-0.05, 0) is 42.9 Å². The van der Waals surface area contributed by atoms with Crippen LogP contribution in [0.1, 0.15) is 52.9 Å². The third-order valence-corrected chi connectivity index (χ3v) is 14.3. The Labute approximate surface area is 372 Å². The Hall–Kier alpha value is -5.26. The van der Waals surface area contributed by atoms with Gasteiger partial charge in [0.1, 0.15) is 30.5 Å². The van der Waals surface area contributed by atoms with Gasteiger partial charge in [-0.3, -0.25) is 32.3 Å². The van der Waals surface area contributed by atoms with Crippen LogP contribution < -0.4 is 10.6 Å². The highest BCUT2D eigenvalue weighted by molar-refractivity contribution is 8.44. The van der Waals surface area contributed by atoms with E-state index in [9.17, 15) is 23.8 Å². The number of amides is 2. The molecule has 3 fully saturated rings. The number of imidazole rings is 2. The van der Waals surface area contributed by atoms with Crippen molar-refractivity contribution in [3.05, 3.63) is 109 Å². The van der Waals surface area contributed by atoms with Crippen molar-refractivity contribution in [3.8, 4) is 0 Å². The molecule has 0 aliphatic carbocycles. The minimum Gasteiger partial charge on any atom is -0.505 e. The van der Waals surface area contributed by atoms with Crippen molar-refractivity contribution in [1.82, 2.24) is 39.0 Å². The first kappa shape index (κ1) is 42.7. The molecule has 8 atom stereocenters. The zero-order valence-corrected chi connectivity index (χ0v) is 36.8. The lowest BCUT2D eigenvalue weighted by Crippen LogP contribution is -2.52. The van der Waals surface area contributed by atoms with Gasteiger partial charge in [0.05, 0.1) is 32.5 Å². The molecule has 3 saturated heterocycles. The van der Waals surface area contributed by atoms with E-state index in [4.69, 9.17) is 32.3 Å². The molecule has 0 radical (unpaired) electrons. The maximum atomic E-state index is 14.4. The molecule has 4 aromatic heterocycles.